The number of hydrogen-bond donors (Lipinski definition) is 1. The van der Waals surface area contributed by atoms with Crippen molar-refractivity contribution in [3.63, 3.8) is 0 Å². The van der Waals surface area contributed by atoms with Gasteiger partial charge in [-0.2, -0.15) is 0 Å². The highest BCUT2D eigenvalue weighted by Gasteiger charge is 2.04. The molecule has 0 amide bonds. The van der Waals surface area contributed by atoms with Crippen LogP contribution in [0, 0.1) is 0 Å². The van der Waals surface area contributed by atoms with Crippen LogP contribution in [-0.2, 0) is 6.54 Å². The second-order valence-corrected chi connectivity index (χ2v) is 6.30. The average molecular weight is 407 g/mol. The van der Waals surface area contributed by atoms with E-state index in [1.54, 1.807) is 12.5 Å². The number of anilines is 1. The third kappa shape index (κ3) is 3.36. The summed E-state index contributed by atoms with van der Waals surface area (Å²) >= 11 is 7.02. The van der Waals surface area contributed by atoms with E-state index in [9.17, 15) is 0 Å². The van der Waals surface area contributed by atoms with Crippen molar-refractivity contribution in [1.29, 1.82) is 0 Å². The number of nitrogens with zero attached hydrogens (tertiary/aromatic N) is 2. The quantitative estimate of drug-likeness (QED) is 0.659. The molecule has 0 radical (unpaired) electrons. The van der Waals surface area contributed by atoms with Crippen molar-refractivity contribution in [2.75, 3.05) is 5.32 Å². The van der Waals surface area contributed by atoms with Crippen LogP contribution in [0.5, 0.6) is 0 Å². The van der Waals surface area contributed by atoms with E-state index in [0.717, 1.165) is 26.9 Å². The summed E-state index contributed by atoms with van der Waals surface area (Å²) in [7, 11) is 0. The lowest BCUT2D eigenvalue weighted by Crippen LogP contribution is -2.03. The summed E-state index contributed by atoms with van der Waals surface area (Å²) in [5.41, 5.74) is 3.38. The van der Waals surface area contributed by atoms with Crippen molar-refractivity contribution < 1.29 is 0 Å². The smallest absolute Gasteiger partial charge is 0.0992 e. The van der Waals surface area contributed by atoms with Gasteiger partial charge in [0.25, 0.3) is 0 Å². The Hall–Kier alpha value is -1.59. The van der Waals surface area contributed by atoms with Gasteiger partial charge in [0, 0.05) is 27.9 Å². The van der Waals surface area contributed by atoms with Gasteiger partial charge in [-0.15, -0.1) is 0 Å². The molecule has 5 heteroatoms. The van der Waals surface area contributed by atoms with Crippen molar-refractivity contribution >= 4 is 37.5 Å². The summed E-state index contributed by atoms with van der Waals surface area (Å²) in [6, 6.07) is 14.4. The molecule has 1 N–H and O–H groups in total. The van der Waals surface area contributed by atoms with Crippen LogP contribution in [0.4, 0.5) is 5.69 Å². The first-order valence-corrected chi connectivity index (χ1v) is 8.08. The van der Waals surface area contributed by atoms with Gasteiger partial charge < -0.3 is 9.88 Å². The molecule has 0 aliphatic heterocycles. The number of para-hydroxylation sites is 2. The molecule has 0 fully saturated rings. The van der Waals surface area contributed by atoms with Gasteiger partial charge in [0.1, 0.15) is 0 Å². The molecule has 3 aromatic rings. The zero-order valence-corrected chi connectivity index (χ0v) is 14.3. The van der Waals surface area contributed by atoms with E-state index in [2.05, 4.69) is 66.4 Å². The molecule has 0 spiro atoms. The standard InChI is InChI=1S/C16H13Br2N3/c17-13-6-5-12(9-14(13)18)10-20-15-3-1-2-4-16(15)21-8-7-19-11-21/h1-9,11,20H,10H2. The molecule has 0 aliphatic carbocycles. The topological polar surface area (TPSA) is 29.9 Å². The number of halogens is 2. The maximum atomic E-state index is 4.10. The first kappa shape index (κ1) is 14.4. The van der Waals surface area contributed by atoms with Crippen LogP contribution in [0.15, 0.2) is 70.1 Å². The molecule has 0 unspecified atom stereocenters. The summed E-state index contributed by atoms with van der Waals surface area (Å²) in [5, 5.41) is 3.48. The molecule has 1 heterocycles. The molecular weight excluding hydrogens is 394 g/mol. The maximum absolute atomic E-state index is 4.10. The fraction of sp³-hybridized carbons (Fsp3) is 0.0625. The molecule has 0 atom stereocenters. The minimum atomic E-state index is 0.761. The van der Waals surface area contributed by atoms with E-state index in [1.165, 1.54) is 5.56 Å². The zero-order chi connectivity index (χ0) is 14.7. The molecular formula is C16H13Br2N3. The number of imidazole rings is 1. The highest BCUT2D eigenvalue weighted by atomic mass is 79.9. The Labute approximate surface area is 140 Å². The average Bonchev–Trinajstić information content (AvgIpc) is 3.03. The second kappa shape index (κ2) is 6.45. The van der Waals surface area contributed by atoms with Crippen LogP contribution >= 0.6 is 31.9 Å². The van der Waals surface area contributed by atoms with Gasteiger partial charge >= 0.3 is 0 Å². The van der Waals surface area contributed by atoms with Crippen LogP contribution in [0.25, 0.3) is 5.69 Å². The van der Waals surface area contributed by atoms with E-state index < -0.39 is 0 Å². The summed E-state index contributed by atoms with van der Waals surface area (Å²) < 4.78 is 4.12. The van der Waals surface area contributed by atoms with Gasteiger partial charge in [-0.25, -0.2) is 4.98 Å². The Bertz CT molecular complexity index is 739. The molecule has 0 aliphatic rings. The highest BCUT2D eigenvalue weighted by Crippen LogP contribution is 2.25. The first-order valence-electron chi connectivity index (χ1n) is 6.49. The molecule has 2 aromatic carbocycles. The van der Waals surface area contributed by atoms with E-state index in [0.29, 0.717) is 0 Å². The maximum Gasteiger partial charge on any atom is 0.0992 e. The molecule has 0 saturated carbocycles. The summed E-state index contributed by atoms with van der Waals surface area (Å²) in [6.45, 7) is 0.761. The van der Waals surface area contributed by atoms with E-state index >= 15 is 0 Å². The van der Waals surface area contributed by atoms with E-state index in [1.807, 2.05) is 29.0 Å². The predicted octanol–water partition coefficient (Wildman–Crippen LogP) is 5.01. The second-order valence-electron chi connectivity index (χ2n) is 4.59. The minimum absolute atomic E-state index is 0.761. The van der Waals surface area contributed by atoms with Crippen LogP contribution in [0.2, 0.25) is 0 Å². The van der Waals surface area contributed by atoms with Crippen molar-refractivity contribution in [1.82, 2.24) is 9.55 Å². The van der Waals surface area contributed by atoms with Gasteiger partial charge in [0.15, 0.2) is 0 Å². The molecule has 21 heavy (non-hydrogen) atoms. The van der Waals surface area contributed by atoms with Crippen LogP contribution in [0.1, 0.15) is 5.56 Å². The van der Waals surface area contributed by atoms with E-state index in [4.69, 9.17) is 0 Å². The Morgan fingerprint density at radius 2 is 1.90 bits per heavy atom. The molecule has 106 valence electrons. The lowest BCUT2D eigenvalue weighted by molar-refractivity contribution is 1.04. The van der Waals surface area contributed by atoms with Crippen LogP contribution in [-0.4, -0.2) is 9.55 Å². The fourth-order valence-electron chi connectivity index (χ4n) is 2.10. The largest absolute Gasteiger partial charge is 0.379 e. The van der Waals surface area contributed by atoms with Crippen molar-refractivity contribution in [3.8, 4) is 5.69 Å². The number of rotatable bonds is 4. The Balaban J connectivity index is 1.81. The highest BCUT2D eigenvalue weighted by molar-refractivity contribution is 9.13. The van der Waals surface area contributed by atoms with Crippen LogP contribution in [0.3, 0.4) is 0 Å². The third-order valence-electron chi connectivity index (χ3n) is 3.15. The molecule has 0 bridgehead atoms. The zero-order valence-electron chi connectivity index (χ0n) is 11.1. The van der Waals surface area contributed by atoms with Gasteiger partial charge in [-0.1, -0.05) is 18.2 Å². The first-order chi connectivity index (χ1) is 10.2. The summed E-state index contributed by atoms with van der Waals surface area (Å²) in [4.78, 5) is 4.10. The van der Waals surface area contributed by atoms with Crippen molar-refractivity contribution in [2.24, 2.45) is 0 Å². The fourth-order valence-corrected chi connectivity index (χ4v) is 2.77. The predicted molar refractivity (Wildman–Crippen MR) is 92.7 cm³/mol. The Kier molecular flexibility index (Phi) is 4.41. The molecule has 3 rings (SSSR count). The van der Waals surface area contributed by atoms with E-state index in [-0.39, 0.29) is 0 Å². The Morgan fingerprint density at radius 1 is 1.05 bits per heavy atom. The third-order valence-corrected chi connectivity index (χ3v) is 5.03. The number of benzene rings is 2. The van der Waals surface area contributed by atoms with Gasteiger partial charge in [-0.3, -0.25) is 0 Å². The number of nitrogens with one attached hydrogen (secondary N) is 1. The van der Waals surface area contributed by atoms with Gasteiger partial charge in [-0.05, 0) is 61.7 Å². The lowest BCUT2D eigenvalue weighted by Gasteiger charge is -2.13. The summed E-state index contributed by atoms with van der Waals surface area (Å²) in [6.07, 6.45) is 5.52. The molecule has 1 aromatic heterocycles. The van der Waals surface area contributed by atoms with Crippen molar-refractivity contribution in [3.05, 3.63) is 75.7 Å². The van der Waals surface area contributed by atoms with Gasteiger partial charge in [0.05, 0.1) is 17.7 Å². The van der Waals surface area contributed by atoms with Crippen LogP contribution < -0.4 is 5.32 Å². The number of aromatic nitrogens is 2. The minimum Gasteiger partial charge on any atom is -0.379 e. The SMILES string of the molecule is Brc1ccc(CNc2ccccc2-n2ccnc2)cc1Br. The van der Waals surface area contributed by atoms with Crippen molar-refractivity contribution in [2.45, 2.75) is 6.54 Å². The normalized spacial score (nSPS) is 10.6. The Morgan fingerprint density at radius 3 is 2.67 bits per heavy atom. The summed E-state index contributed by atoms with van der Waals surface area (Å²) in [5.74, 6) is 0. The van der Waals surface area contributed by atoms with Gasteiger partial charge in [0.2, 0.25) is 0 Å². The number of hydrogen-bond acceptors (Lipinski definition) is 2. The lowest BCUT2D eigenvalue weighted by atomic mass is 10.2. The monoisotopic (exact) mass is 405 g/mol. The molecule has 3 nitrogen and oxygen atoms in total. The molecule has 0 saturated heterocycles.